The Morgan fingerprint density at radius 1 is 1.47 bits per heavy atom. The van der Waals surface area contributed by atoms with Crippen molar-refractivity contribution in [3.05, 3.63) is 29.6 Å². The number of anilines is 1. The maximum absolute atomic E-state index is 13.4. The van der Waals surface area contributed by atoms with Crippen molar-refractivity contribution in [2.45, 2.75) is 25.7 Å². The lowest BCUT2D eigenvalue weighted by molar-refractivity contribution is 0.0459. The van der Waals surface area contributed by atoms with E-state index >= 15 is 0 Å². The lowest BCUT2D eigenvalue weighted by Gasteiger charge is -2.24. The molecule has 3 nitrogen and oxygen atoms in total. The van der Waals surface area contributed by atoms with E-state index in [-0.39, 0.29) is 5.56 Å². The Balaban J connectivity index is 1.85. The van der Waals surface area contributed by atoms with Gasteiger partial charge in [-0.15, -0.1) is 0 Å². The zero-order valence-corrected chi connectivity index (χ0v) is 9.62. The monoisotopic (exact) mass is 237 g/mol. The predicted octanol–water partition coefficient (Wildman–Crippen LogP) is 2.75. The van der Waals surface area contributed by atoms with Crippen LogP contribution in [-0.2, 0) is 4.74 Å². The van der Waals surface area contributed by atoms with Crippen LogP contribution in [0.5, 0.6) is 0 Å². The standard InChI is InChI=1S/C13H16FNO2/c14-12-8-10(15)4-5-11(12)13(16)17-7-6-9-2-1-3-9/h4-5,8-9H,1-3,6-7,15H2. The maximum atomic E-state index is 13.4. The lowest BCUT2D eigenvalue weighted by Crippen LogP contribution is -2.16. The van der Waals surface area contributed by atoms with Gasteiger partial charge in [0.2, 0.25) is 0 Å². The van der Waals surface area contributed by atoms with Crippen LogP contribution in [0.3, 0.4) is 0 Å². The minimum Gasteiger partial charge on any atom is -0.462 e. The van der Waals surface area contributed by atoms with Crippen LogP contribution < -0.4 is 5.73 Å². The molecule has 17 heavy (non-hydrogen) atoms. The highest BCUT2D eigenvalue weighted by molar-refractivity contribution is 5.90. The largest absolute Gasteiger partial charge is 0.462 e. The van der Waals surface area contributed by atoms with Crippen LogP contribution >= 0.6 is 0 Å². The van der Waals surface area contributed by atoms with E-state index in [9.17, 15) is 9.18 Å². The Kier molecular flexibility index (Phi) is 3.61. The Bertz CT molecular complexity index is 416. The second-order valence-electron chi connectivity index (χ2n) is 4.46. The molecular weight excluding hydrogens is 221 g/mol. The molecule has 0 aliphatic heterocycles. The molecule has 2 N–H and O–H groups in total. The summed E-state index contributed by atoms with van der Waals surface area (Å²) in [5, 5.41) is 0. The molecule has 2 rings (SSSR count). The van der Waals surface area contributed by atoms with Crippen LogP contribution in [0.4, 0.5) is 10.1 Å². The molecule has 1 fully saturated rings. The van der Waals surface area contributed by atoms with E-state index in [1.54, 1.807) is 0 Å². The van der Waals surface area contributed by atoms with Crippen molar-refractivity contribution in [3.63, 3.8) is 0 Å². The van der Waals surface area contributed by atoms with Gasteiger partial charge >= 0.3 is 5.97 Å². The van der Waals surface area contributed by atoms with Crippen molar-refractivity contribution in [2.75, 3.05) is 12.3 Å². The van der Waals surface area contributed by atoms with Crippen LogP contribution in [0.1, 0.15) is 36.0 Å². The molecule has 1 saturated carbocycles. The number of nitrogens with two attached hydrogens (primary N) is 1. The first-order valence-corrected chi connectivity index (χ1v) is 5.89. The molecule has 0 atom stereocenters. The first-order valence-electron chi connectivity index (χ1n) is 5.89. The Hall–Kier alpha value is -1.58. The molecule has 0 saturated heterocycles. The molecule has 4 heteroatoms. The summed E-state index contributed by atoms with van der Waals surface area (Å²) < 4.78 is 18.4. The summed E-state index contributed by atoms with van der Waals surface area (Å²) in [7, 11) is 0. The van der Waals surface area contributed by atoms with E-state index < -0.39 is 11.8 Å². The molecule has 1 aliphatic carbocycles. The average molecular weight is 237 g/mol. The summed E-state index contributed by atoms with van der Waals surface area (Å²) >= 11 is 0. The van der Waals surface area contributed by atoms with Crippen LogP contribution in [0.15, 0.2) is 18.2 Å². The van der Waals surface area contributed by atoms with E-state index in [1.807, 2.05) is 0 Å². The van der Waals surface area contributed by atoms with Crippen LogP contribution in [0, 0.1) is 11.7 Å². The van der Waals surface area contributed by atoms with E-state index in [0.29, 0.717) is 18.2 Å². The number of hydrogen-bond acceptors (Lipinski definition) is 3. The fraction of sp³-hybridized carbons (Fsp3) is 0.462. The van der Waals surface area contributed by atoms with Gasteiger partial charge in [0.25, 0.3) is 0 Å². The first kappa shape index (κ1) is 11.9. The van der Waals surface area contributed by atoms with Gasteiger partial charge in [0, 0.05) is 5.69 Å². The van der Waals surface area contributed by atoms with Gasteiger partial charge < -0.3 is 10.5 Å². The van der Waals surface area contributed by atoms with Gasteiger partial charge in [0.05, 0.1) is 12.2 Å². The van der Waals surface area contributed by atoms with Crippen molar-refractivity contribution in [3.8, 4) is 0 Å². The van der Waals surface area contributed by atoms with Crippen molar-refractivity contribution >= 4 is 11.7 Å². The van der Waals surface area contributed by atoms with Gasteiger partial charge in [0.15, 0.2) is 0 Å². The number of halogens is 1. The SMILES string of the molecule is Nc1ccc(C(=O)OCCC2CCC2)c(F)c1. The summed E-state index contributed by atoms with van der Waals surface area (Å²) in [5.41, 5.74) is 5.65. The second kappa shape index (κ2) is 5.17. The third-order valence-electron chi connectivity index (χ3n) is 3.20. The maximum Gasteiger partial charge on any atom is 0.341 e. The molecular formula is C13H16FNO2. The molecule has 0 heterocycles. The smallest absolute Gasteiger partial charge is 0.341 e. The van der Waals surface area contributed by atoms with Gasteiger partial charge in [0.1, 0.15) is 5.82 Å². The van der Waals surface area contributed by atoms with Gasteiger partial charge in [-0.2, -0.15) is 0 Å². The molecule has 1 aromatic carbocycles. The number of rotatable bonds is 4. The number of esters is 1. The van der Waals surface area contributed by atoms with E-state index in [2.05, 4.69) is 0 Å². The topological polar surface area (TPSA) is 52.3 Å². The normalized spacial score (nSPS) is 15.4. The summed E-state index contributed by atoms with van der Waals surface area (Å²) in [5.74, 6) is -0.556. The number of nitrogen functional groups attached to an aromatic ring is 1. The van der Waals surface area contributed by atoms with Crippen LogP contribution in [0.2, 0.25) is 0 Å². The lowest BCUT2D eigenvalue weighted by atomic mass is 9.83. The Morgan fingerprint density at radius 3 is 2.82 bits per heavy atom. The summed E-state index contributed by atoms with van der Waals surface area (Å²) in [6.45, 7) is 0.368. The number of carbonyl (C=O) groups excluding carboxylic acids is 1. The number of benzene rings is 1. The zero-order chi connectivity index (χ0) is 12.3. The van der Waals surface area contributed by atoms with Gasteiger partial charge in [-0.1, -0.05) is 19.3 Å². The highest BCUT2D eigenvalue weighted by Gasteiger charge is 2.18. The molecule has 1 aromatic rings. The molecule has 1 aliphatic rings. The molecule has 0 spiro atoms. The second-order valence-corrected chi connectivity index (χ2v) is 4.46. The Morgan fingerprint density at radius 2 is 2.24 bits per heavy atom. The molecule has 0 radical (unpaired) electrons. The van der Waals surface area contributed by atoms with Gasteiger partial charge in [-0.25, -0.2) is 9.18 Å². The highest BCUT2D eigenvalue weighted by Crippen LogP contribution is 2.29. The van der Waals surface area contributed by atoms with Gasteiger partial charge in [-0.3, -0.25) is 0 Å². The molecule has 0 aromatic heterocycles. The van der Waals surface area contributed by atoms with E-state index in [4.69, 9.17) is 10.5 Å². The van der Waals surface area contributed by atoms with Crippen molar-refractivity contribution < 1.29 is 13.9 Å². The van der Waals surface area contributed by atoms with Crippen molar-refractivity contribution in [1.82, 2.24) is 0 Å². The third kappa shape index (κ3) is 2.96. The summed E-state index contributed by atoms with van der Waals surface area (Å²) in [6, 6.07) is 3.98. The number of hydrogen-bond donors (Lipinski definition) is 1. The van der Waals surface area contributed by atoms with Crippen molar-refractivity contribution in [2.24, 2.45) is 5.92 Å². The molecule has 0 unspecified atom stereocenters. The Labute approximate surface area is 99.8 Å². The first-order chi connectivity index (χ1) is 8.16. The molecule has 0 amide bonds. The predicted molar refractivity (Wildman–Crippen MR) is 63.1 cm³/mol. The fourth-order valence-electron chi connectivity index (χ4n) is 1.87. The number of ether oxygens (including phenoxy) is 1. The van der Waals surface area contributed by atoms with Crippen molar-refractivity contribution in [1.29, 1.82) is 0 Å². The number of carbonyl (C=O) groups is 1. The average Bonchev–Trinajstić information content (AvgIpc) is 2.21. The quantitative estimate of drug-likeness (QED) is 0.647. The van der Waals surface area contributed by atoms with Gasteiger partial charge in [-0.05, 0) is 30.5 Å². The molecule has 0 bridgehead atoms. The molecule has 92 valence electrons. The van der Waals surface area contributed by atoms with E-state index in [1.165, 1.54) is 31.4 Å². The highest BCUT2D eigenvalue weighted by atomic mass is 19.1. The van der Waals surface area contributed by atoms with E-state index in [0.717, 1.165) is 12.5 Å². The summed E-state index contributed by atoms with van der Waals surface area (Å²) in [4.78, 5) is 11.6. The fourth-order valence-corrected chi connectivity index (χ4v) is 1.87. The van der Waals surface area contributed by atoms with Crippen LogP contribution in [0.25, 0.3) is 0 Å². The minimum atomic E-state index is -0.626. The van der Waals surface area contributed by atoms with Crippen LogP contribution in [-0.4, -0.2) is 12.6 Å². The third-order valence-corrected chi connectivity index (χ3v) is 3.20. The summed E-state index contributed by atoms with van der Waals surface area (Å²) in [6.07, 6.45) is 4.58. The zero-order valence-electron chi connectivity index (χ0n) is 9.62. The minimum absolute atomic E-state index is 0.0483.